The van der Waals surface area contributed by atoms with Gasteiger partial charge in [-0.15, -0.1) is 0 Å². The third-order valence-electron chi connectivity index (χ3n) is 5.52. The summed E-state index contributed by atoms with van der Waals surface area (Å²) >= 11 is 0. The zero-order chi connectivity index (χ0) is 15.6. The molecular formula is C17H30N2O2. The van der Waals surface area contributed by atoms with Crippen LogP contribution in [0.2, 0.25) is 0 Å². The summed E-state index contributed by atoms with van der Waals surface area (Å²) in [6.07, 6.45) is 7.02. The molecule has 0 aromatic rings. The number of rotatable bonds is 4. The number of piperazine rings is 1. The number of carbonyl (C=O) groups is 2. The van der Waals surface area contributed by atoms with E-state index in [4.69, 9.17) is 0 Å². The van der Waals surface area contributed by atoms with Crippen LogP contribution in [0, 0.1) is 11.3 Å². The van der Waals surface area contributed by atoms with Crippen LogP contribution in [0.4, 0.5) is 0 Å². The molecular weight excluding hydrogens is 264 g/mol. The third-order valence-corrected chi connectivity index (χ3v) is 5.52. The van der Waals surface area contributed by atoms with Crippen molar-refractivity contribution < 1.29 is 9.59 Å². The Morgan fingerprint density at radius 1 is 1.29 bits per heavy atom. The van der Waals surface area contributed by atoms with E-state index in [1.807, 2.05) is 18.7 Å². The first kappa shape index (κ1) is 16.3. The first-order chi connectivity index (χ1) is 9.88. The highest BCUT2D eigenvalue weighted by atomic mass is 16.2. The lowest BCUT2D eigenvalue weighted by Crippen LogP contribution is -2.65. The molecule has 1 heterocycles. The molecule has 1 N–H and O–H groups in total. The molecule has 4 nitrogen and oxygen atoms in total. The topological polar surface area (TPSA) is 49.4 Å². The highest BCUT2D eigenvalue weighted by Gasteiger charge is 2.42. The van der Waals surface area contributed by atoms with Gasteiger partial charge in [-0.2, -0.15) is 0 Å². The number of hydrogen-bond donors (Lipinski definition) is 1. The second-order valence-corrected chi connectivity index (χ2v) is 7.39. The maximum absolute atomic E-state index is 12.8. The summed E-state index contributed by atoms with van der Waals surface area (Å²) in [4.78, 5) is 26.9. The zero-order valence-corrected chi connectivity index (χ0v) is 13.9. The molecule has 1 aliphatic heterocycles. The van der Waals surface area contributed by atoms with E-state index in [9.17, 15) is 9.59 Å². The van der Waals surface area contributed by atoms with Gasteiger partial charge in [0.25, 0.3) is 0 Å². The van der Waals surface area contributed by atoms with Crippen molar-refractivity contribution in [3.8, 4) is 0 Å². The van der Waals surface area contributed by atoms with E-state index >= 15 is 0 Å². The van der Waals surface area contributed by atoms with Crippen molar-refractivity contribution in [2.24, 2.45) is 11.3 Å². The zero-order valence-electron chi connectivity index (χ0n) is 13.9. The largest absolute Gasteiger partial charge is 0.342 e. The molecule has 2 amide bonds. The minimum atomic E-state index is -0.342. The van der Waals surface area contributed by atoms with Crippen molar-refractivity contribution in [2.75, 3.05) is 6.54 Å². The fraction of sp³-hybridized carbons (Fsp3) is 0.882. The van der Waals surface area contributed by atoms with Gasteiger partial charge in [0.05, 0.1) is 0 Å². The Morgan fingerprint density at radius 3 is 2.48 bits per heavy atom. The first-order valence-electron chi connectivity index (χ1n) is 8.49. The summed E-state index contributed by atoms with van der Waals surface area (Å²) in [6.45, 7) is 8.96. The molecule has 0 bridgehead atoms. The van der Waals surface area contributed by atoms with E-state index in [2.05, 4.69) is 19.2 Å². The summed E-state index contributed by atoms with van der Waals surface area (Å²) in [5.74, 6) is 0.304. The van der Waals surface area contributed by atoms with E-state index < -0.39 is 0 Å². The van der Waals surface area contributed by atoms with Crippen LogP contribution >= 0.6 is 0 Å². The molecule has 120 valence electrons. The number of carbonyl (C=O) groups excluding carboxylic acids is 2. The highest BCUT2D eigenvalue weighted by Crippen LogP contribution is 2.37. The van der Waals surface area contributed by atoms with Crippen LogP contribution in [0.25, 0.3) is 0 Å². The molecule has 0 aromatic heterocycles. The Morgan fingerprint density at radius 2 is 1.90 bits per heavy atom. The highest BCUT2D eigenvalue weighted by molar-refractivity contribution is 5.96. The lowest BCUT2D eigenvalue weighted by molar-refractivity contribution is -0.152. The Bertz CT molecular complexity index is 402. The van der Waals surface area contributed by atoms with Gasteiger partial charge in [-0.25, -0.2) is 0 Å². The molecule has 2 aliphatic rings. The van der Waals surface area contributed by atoms with Crippen LogP contribution < -0.4 is 5.32 Å². The Balaban J connectivity index is 2.14. The van der Waals surface area contributed by atoms with Crippen molar-refractivity contribution in [3.63, 3.8) is 0 Å². The Kier molecular flexibility index (Phi) is 4.95. The van der Waals surface area contributed by atoms with E-state index in [1.54, 1.807) is 0 Å². The maximum atomic E-state index is 12.8. The monoisotopic (exact) mass is 294 g/mol. The van der Waals surface area contributed by atoms with Gasteiger partial charge in [0, 0.05) is 6.54 Å². The Labute approximate surface area is 128 Å². The Hall–Kier alpha value is -1.06. The number of hydrogen-bond acceptors (Lipinski definition) is 2. The molecule has 1 saturated heterocycles. The minimum Gasteiger partial charge on any atom is -0.342 e. The van der Waals surface area contributed by atoms with Crippen molar-refractivity contribution in [2.45, 2.75) is 78.3 Å². The first-order valence-corrected chi connectivity index (χ1v) is 8.49. The van der Waals surface area contributed by atoms with E-state index in [0.717, 1.165) is 13.0 Å². The van der Waals surface area contributed by atoms with Crippen LogP contribution in [-0.4, -0.2) is 35.3 Å². The fourth-order valence-corrected chi connectivity index (χ4v) is 3.66. The van der Waals surface area contributed by atoms with Gasteiger partial charge in [-0.1, -0.05) is 46.5 Å². The predicted octanol–water partition coefficient (Wildman–Crippen LogP) is 2.72. The molecule has 1 saturated carbocycles. The summed E-state index contributed by atoms with van der Waals surface area (Å²) in [5.41, 5.74) is 0.180. The third kappa shape index (κ3) is 3.41. The normalized spacial score (nSPS) is 31.0. The van der Waals surface area contributed by atoms with Gasteiger partial charge < -0.3 is 10.2 Å². The average Bonchev–Trinajstić information content (AvgIpc) is 2.47. The maximum Gasteiger partial charge on any atom is 0.246 e. The standard InChI is InChI=1S/C17H30N2O2/c1-5-12(2)14-16(21)19(13(3)15(20)18-14)11-17(4)9-7-6-8-10-17/h12-14H,5-11H2,1-4H3,(H,18,20). The van der Waals surface area contributed by atoms with E-state index in [1.165, 1.54) is 32.1 Å². The second kappa shape index (κ2) is 6.37. The molecule has 2 rings (SSSR count). The summed E-state index contributed by atoms with van der Waals surface area (Å²) in [7, 11) is 0. The molecule has 3 unspecified atom stereocenters. The number of amides is 2. The smallest absolute Gasteiger partial charge is 0.246 e. The number of nitrogens with zero attached hydrogens (tertiary/aromatic N) is 1. The number of nitrogens with one attached hydrogen (secondary N) is 1. The van der Waals surface area contributed by atoms with Gasteiger partial charge in [-0.05, 0) is 31.1 Å². The van der Waals surface area contributed by atoms with Crippen molar-refractivity contribution in [3.05, 3.63) is 0 Å². The average molecular weight is 294 g/mol. The molecule has 21 heavy (non-hydrogen) atoms. The molecule has 0 spiro atoms. The molecule has 1 aliphatic carbocycles. The predicted molar refractivity (Wildman–Crippen MR) is 83.8 cm³/mol. The summed E-state index contributed by atoms with van der Waals surface area (Å²) in [6, 6.07) is -0.678. The van der Waals surface area contributed by atoms with Crippen LogP contribution in [0.3, 0.4) is 0 Å². The van der Waals surface area contributed by atoms with E-state index in [0.29, 0.717) is 0 Å². The van der Waals surface area contributed by atoms with Gasteiger partial charge in [-0.3, -0.25) is 9.59 Å². The molecule has 4 heteroatoms. The molecule has 2 fully saturated rings. The quantitative estimate of drug-likeness (QED) is 0.866. The van der Waals surface area contributed by atoms with Crippen LogP contribution in [0.1, 0.15) is 66.2 Å². The van der Waals surface area contributed by atoms with Crippen molar-refractivity contribution in [1.29, 1.82) is 0 Å². The van der Waals surface area contributed by atoms with Gasteiger partial charge >= 0.3 is 0 Å². The van der Waals surface area contributed by atoms with Gasteiger partial charge in [0.1, 0.15) is 12.1 Å². The van der Waals surface area contributed by atoms with E-state index in [-0.39, 0.29) is 35.2 Å². The van der Waals surface area contributed by atoms with Crippen LogP contribution in [-0.2, 0) is 9.59 Å². The lowest BCUT2D eigenvalue weighted by Gasteiger charge is -2.45. The molecule has 3 atom stereocenters. The van der Waals surface area contributed by atoms with Crippen molar-refractivity contribution >= 4 is 11.8 Å². The minimum absolute atomic E-state index is 0.000639. The fourth-order valence-electron chi connectivity index (χ4n) is 3.66. The summed E-state index contributed by atoms with van der Waals surface area (Å²) < 4.78 is 0. The van der Waals surface area contributed by atoms with Gasteiger partial charge in [0.2, 0.25) is 11.8 Å². The molecule has 0 aromatic carbocycles. The summed E-state index contributed by atoms with van der Waals surface area (Å²) in [5, 5.41) is 2.92. The van der Waals surface area contributed by atoms with Crippen LogP contribution in [0.15, 0.2) is 0 Å². The molecule has 0 radical (unpaired) electrons. The van der Waals surface area contributed by atoms with Crippen LogP contribution in [0.5, 0.6) is 0 Å². The lowest BCUT2D eigenvalue weighted by atomic mass is 9.75. The van der Waals surface area contributed by atoms with Gasteiger partial charge in [0.15, 0.2) is 0 Å². The SMILES string of the molecule is CCC(C)C1NC(=O)C(C)N(CC2(C)CCCCC2)C1=O. The second-order valence-electron chi connectivity index (χ2n) is 7.39. The van der Waals surface area contributed by atoms with Crippen molar-refractivity contribution in [1.82, 2.24) is 10.2 Å².